The summed E-state index contributed by atoms with van der Waals surface area (Å²) < 4.78 is 6.17. The molecule has 0 saturated heterocycles. The predicted octanol–water partition coefficient (Wildman–Crippen LogP) is 5.89. The second-order valence-electron chi connectivity index (χ2n) is 8.06. The number of cyclic esters (lactones) is 1. The number of pyridine rings is 1. The second-order valence-corrected chi connectivity index (χ2v) is 8.50. The molecule has 0 saturated carbocycles. The van der Waals surface area contributed by atoms with Crippen LogP contribution in [0.4, 0.5) is 11.4 Å². The Labute approximate surface area is 201 Å². The molecule has 0 spiro atoms. The zero-order valence-corrected chi connectivity index (χ0v) is 20.4. The molecule has 6 heteroatoms. The van der Waals surface area contributed by atoms with Gasteiger partial charge in [0.05, 0.1) is 5.02 Å². The van der Waals surface area contributed by atoms with Crippen LogP contribution in [0.5, 0.6) is 0 Å². The van der Waals surface area contributed by atoms with Crippen molar-refractivity contribution in [2.45, 2.75) is 33.3 Å². The van der Waals surface area contributed by atoms with Gasteiger partial charge in [0.1, 0.15) is 0 Å². The molecule has 3 aromatic rings. The van der Waals surface area contributed by atoms with Crippen LogP contribution in [0.1, 0.15) is 54.9 Å². The van der Waals surface area contributed by atoms with Crippen molar-refractivity contribution in [3.8, 4) is 0 Å². The summed E-state index contributed by atoms with van der Waals surface area (Å²) in [5.41, 5.74) is 3.86. The molecule has 4 rings (SSSR count). The molecule has 33 heavy (non-hydrogen) atoms. The van der Waals surface area contributed by atoms with E-state index in [0.717, 1.165) is 48.7 Å². The number of aromatic nitrogens is 1. The lowest BCUT2D eigenvalue weighted by Gasteiger charge is -2.31. The van der Waals surface area contributed by atoms with Gasteiger partial charge in [-0.15, -0.1) is 0 Å². The number of nitrogens with zero attached hydrogens (tertiary/aromatic N) is 3. The third-order valence-corrected chi connectivity index (χ3v) is 6.68. The van der Waals surface area contributed by atoms with E-state index in [4.69, 9.17) is 16.3 Å². The molecule has 1 aromatic heterocycles. The van der Waals surface area contributed by atoms with Gasteiger partial charge in [-0.25, -0.2) is 9.78 Å². The quantitative estimate of drug-likeness (QED) is 0.390. The average Bonchev–Trinajstić information content (AvgIpc) is 3.14. The highest BCUT2D eigenvalue weighted by Crippen LogP contribution is 2.47. The van der Waals surface area contributed by atoms with Gasteiger partial charge in [0.15, 0.2) is 11.3 Å². The maximum Gasteiger partial charge on any atom is 0.358 e. The van der Waals surface area contributed by atoms with Crippen molar-refractivity contribution in [3.63, 3.8) is 0 Å². The minimum Gasteiger partial charge on any atom is -0.439 e. The smallest absolute Gasteiger partial charge is 0.358 e. The van der Waals surface area contributed by atoms with E-state index < -0.39 is 11.6 Å². The standard InChI is InChI=1S/C27H30ClN3O2/c1-5-30(6-2)22-13-9-19(10-14-22)27(20-11-15-23(16-12-20)31(7-3)8-4)24-17-21(28)18-29-25(24)26(32)33-27/h9-18H,5-8H2,1-4H3. The van der Waals surface area contributed by atoms with Crippen LogP contribution in [-0.4, -0.2) is 37.1 Å². The lowest BCUT2D eigenvalue weighted by atomic mass is 9.80. The zero-order valence-electron chi connectivity index (χ0n) is 19.6. The van der Waals surface area contributed by atoms with Crippen molar-refractivity contribution in [1.29, 1.82) is 0 Å². The Balaban J connectivity index is 1.89. The summed E-state index contributed by atoms with van der Waals surface area (Å²) in [5, 5.41) is 0.468. The third-order valence-electron chi connectivity index (χ3n) is 6.48. The number of carbonyl (C=O) groups is 1. The van der Waals surface area contributed by atoms with Crippen LogP contribution < -0.4 is 9.80 Å². The van der Waals surface area contributed by atoms with Crippen LogP contribution in [0.15, 0.2) is 60.8 Å². The van der Waals surface area contributed by atoms with Crippen LogP contribution in [0.3, 0.4) is 0 Å². The summed E-state index contributed by atoms with van der Waals surface area (Å²) in [6.07, 6.45) is 1.49. The highest BCUT2D eigenvalue weighted by atomic mass is 35.5. The summed E-state index contributed by atoms with van der Waals surface area (Å²) in [7, 11) is 0. The monoisotopic (exact) mass is 463 g/mol. The minimum atomic E-state index is -1.10. The van der Waals surface area contributed by atoms with Gasteiger partial charge in [-0.1, -0.05) is 35.9 Å². The molecule has 5 nitrogen and oxygen atoms in total. The fourth-order valence-electron chi connectivity index (χ4n) is 4.70. The SMILES string of the molecule is CCN(CC)c1ccc(C2(c3ccc(N(CC)CC)cc3)OC(=O)c3ncc(Cl)cc32)cc1. The summed E-state index contributed by atoms with van der Waals surface area (Å²) >= 11 is 6.34. The van der Waals surface area contributed by atoms with Gasteiger partial charge in [0.25, 0.3) is 0 Å². The molecule has 2 aromatic carbocycles. The third kappa shape index (κ3) is 3.95. The first-order valence-electron chi connectivity index (χ1n) is 11.6. The lowest BCUT2D eigenvalue weighted by Crippen LogP contribution is -2.30. The predicted molar refractivity (Wildman–Crippen MR) is 135 cm³/mol. The van der Waals surface area contributed by atoms with Gasteiger partial charge >= 0.3 is 5.97 Å². The number of anilines is 2. The van der Waals surface area contributed by atoms with Crippen molar-refractivity contribution in [1.82, 2.24) is 4.98 Å². The average molecular weight is 464 g/mol. The van der Waals surface area contributed by atoms with Crippen molar-refractivity contribution in [2.24, 2.45) is 0 Å². The highest BCUT2D eigenvalue weighted by molar-refractivity contribution is 6.30. The van der Waals surface area contributed by atoms with Crippen molar-refractivity contribution in [3.05, 3.63) is 88.2 Å². The van der Waals surface area contributed by atoms with Crippen LogP contribution in [0, 0.1) is 0 Å². The molecule has 0 N–H and O–H groups in total. The number of ether oxygens (including phenoxy) is 1. The number of hydrogen-bond donors (Lipinski definition) is 0. The van der Waals surface area contributed by atoms with Gasteiger partial charge in [-0.3, -0.25) is 0 Å². The lowest BCUT2D eigenvalue weighted by molar-refractivity contribution is 0.0249. The molecular formula is C27H30ClN3O2. The fourth-order valence-corrected chi connectivity index (χ4v) is 4.86. The largest absolute Gasteiger partial charge is 0.439 e. The van der Waals surface area contributed by atoms with E-state index >= 15 is 0 Å². The molecule has 172 valence electrons. The molecule has 1 aliphatic rings. The summed E-state index contributed by atoms with van der Waals surface area (Å²) in [6, 6.07) is 18.3. The highest BCUT2D eigenvalue weighted by Gasteiger charge is 2.49. The maximum absolute atomic E-state index is 12.9. The van der Waals surface area contributed by atoms with Crippen LogP contribution >= 0.6 is 11.6 Å². The van der Waals surface area contributed by atoms with E-state index in [9.17, 15) is 4.79 Å². The van der Waals surface area contributed by atoms with E-state index in [2.05, 4.69) is 66.7 Å². The first kappa shape index (κ1) is 23.1. The molecule has 0 fully saturated rings. The van der Waals surface area contributed by atoms with E-state index in [1.54, 1.807) is 6.07 Å². The number of fused-ring (bicyclic) bond motifs is 1. The van der Waals surface area contributed by atoms with Crippen molar-refractivity contribution >= 4 is 28.9 Å². The molecule has 0 unspecified atom stereocenters. The van der Waals surface area contributed by atoms with Gasteiger partial charge in [0, 0.05) is 60.4 Å². The molecule has 0 aliphatic carbocycles. The first-order chi connectivity index (χ1) is 16.0. The molecule has 1 aliphatic heterocycles. The number of hydrogen-bond acceptors (Lipinski definition) is 5. The Kier molecular flexibility index (Phi) is 6.61. The molecule has 0 amide bonds. The van der Waals surface area contributed by atoms with Crippen LogP contribution in [0.25, 0.3) is 0 Å². The van der Waals surface area contributed by atoms with Crippen molar-refractivity contribution in [2.75, 3.05) is 36.0 Å². The van der Waals surface area contributed by atoms with Gasteiger partial charge in [-0.2, -0.15) is 0 Å². The second kappa shape index (κ2) is 9.44. The normalized spacial score (nSPS) is 14.0. The molecule has 2 heterocycles. The molecule has 0 radical (unpaired) electrons. The summed E-state index contributed by atoms with van der Waals surface area (Å²) in [5.74, 6) is -0.442. The maximum atomic E-state index is 12.9. The molecule has 0 bridgehead atoms. The van der Waals surface area contributed by atoms with Gasteiger partial charge in [-0.05, 0) is 58.0 Å². The van der Waals surface area contributed by atoms with Crippen molar-refractivity contribution < 1.29 is 9.53 Å². The zero-order chi connectivity index (χ0) is 23.6. The van der Waals surface area contributed by atoms with Crippen LogP contribution in [0.2, 0.25) is 5.02 Å². The number of benzene rings is 2. The van der Waals surface area contributed by atoms with E-state index in [1.165, 1.54) is 6.20 Å². The molecule has 0 atom stereocenters. The fraction of sp³-hybridized carbons (Fsp3) is 0.333. The molecular weight excluding hydrogens is 434 g/mol. The first-order valence-corrected chi connectivity index (χ1v) is 12.0. The Morgan fingerprint density at radius 1 is 0.818 bits per heavy atom. The Morgan fingerprint density at radius 3 is 1.70 bits per heavy atom. The van der Waals surface area contributed by atoms with E-state index in [1.807, 2.05) is 24.3 Å². The number of halogens is 1. The van der Waals surface area contributed by atoms with Crippen LogP contribution in [-0.2, 0) is 10.3 Å². The number of carbonyl (C=O) groups excluding carboxylic acids is 1. The number of esters is 1. The topological polar surface area (TPSA) is 45.7 Å². The summed E-state index contributed by atoms with van der Waals surface area (Å²) in [4.78, 5) is 21.8. The Morgan fingerprint density at radius 2 is 1.27 bits per heavy atom. The Hall–Kier alpha value is -3.05. The number of rotatable bonds is 8. The van der Waals surface area contributed by atoms with E-state index in [-0.39, 0.29) is 0 Å². The van der Waals surface area contributed by atoms with Gasteiger partial charge in [0.2, 0.25) is 0 Å². The summed E-state index contributed by atoms with van der Waals surface area (Å²) in [6.45, 7) is 12.2. The minimum absolute atomic E-state index is 0.306. The Bertz CT molecular complexity index is 1070. The van der Waals surface area contributed by atoms with E-state index in [0.29, 0.717) is 16.3 Å². The van der Waals surface area contributed by atoms with Gasteiger partial charge < -0.3 is 14.5 Å².